The van der Waals surface area contributed by atoms with E-state index in [2.05, 4.69) is 28.9 Å². The number of hydrogen-bond donors (Lipinski definition) is 0. The van der Waals surface area contributed by atoms with Crippen LogP contribution in [0, 0.1) is 18.3 Å². The lowest BCUT2D eigenvalue weighted by Gasteiger charge is -2.22. The zero-order chi connectivity index (χ0) is 27.2. The Morgan fingerprint density at radius 1 is 1.16 bits per heavy atom. The first-order valence-electron chi connectivity index (χ1n) is 12.2. The van der Waals surface area contributed by atoms with Gasteiger partial charge in [-0.3, -0.25) is 9.69 Å². The van der Waals surface area contributed by atoms with Crippen LogP contribution < -0.4 is 9.47 Å². The summed E-state index contributed by atoms with van der Waals surface area (Å²) in [7, 11) is 1.57. The molecule has 1 fully saturated rings. The molecule has 0 spiro atoms. The fourth-order valence-corrected chi connectivity index (χ4v) is 5.37. The van der Waals surface area contributed by atoms with E-state index in [4.69, 9.17) is 14.5 Å². The number of carbonyl (C=O) groups excluding carboxylic acids is 1. The van der Waals surface area contributed by atoms with Crippen LogP contribution in [0.3, 0.4) is 0 Å². The van der Waals surface area contributed by atoms with Gasteiger partial charge >= 0.3 is 0 Å². The van der Waals surface area contributed by atoms with Crippen molar-refractivity contribution < 1.29 is 14.3 Å². The number of rotatable bonds is 8. The van der Waals surface area contributed by atoms with Crippen LogP contribution in [-0.2, 0) is 11.4 Å². The van der Waals surface area contributed by atoms with Crippen molar-refractivity contribution in [2.24, 2.45) is 4.99 Å². The maximum Gasteiger partial charge on any atom is 0.267 e. The van der Waals surface area contributed by atoms with Crippen LogP contribution in [0.5, 0.6) is 11.5 Å². The molecule has 1 amide bonds. The first kappa shape index (κ1) is 27.5. The number of amidine groups is 1. The molecule has 0 aliphatic carbocycles. The van der Waals surface area contributed by atoms with Gasteiger partial charge in [0.1, 0.15) is 6.61 Å². The van der Waals surface area contributed by atoms with E-state index >= 15 is 0 Å². The Balaban J connectivity index is 1.64. The monoisotopic (exact) mass is 589 g/mol. The average Bonchev–Trinajstić information content (AvgIpc) is 3.23. The highest BCUT2D eigenvalue weighted by molar-refractivity contribution is 9.10. The van der Waals surface area contributed by atoms with Gasteiger partial charge in [0.05, 0.1) is 29.3 Å². The van der Waals surface area contributed by atoms with Crippen molar-refractivity contribution in [3.8, 4) is 17.6 Å². The predicted molar refractivity (Wildman–Crippen MR) is 157 cm³/mol. The molecular formula is C30H28BrN3O3S. The van der Waals surface area contributed by atoms with Gasteiger partial charge in [-0.05, 0) is 74.0 Å². The number of nitrogens with zero attached hydrogens (tertiary/aromatic N) is 3. The maximum atomic E-state index is 13.5. The molecule has 0 radical (unpaired) electrons. The second kappa shape index (κ2) is 12.3. The number of halogens is 1. The summed E-state index contributed by atoms with van der Waals surface area (Å²) in [4.78, 5) is 20.6. The van der Waals surface area contributed by atoms with Crippen LogP contribution in [0.25, 0.3) is 6.08 Å². The van der Waals surface area contributed by atoms with Crippen LogP contribution in [-0.4, -0.2) is 29.1 Å². The molecule has 0 saturated carbocycles. The highest BCUT2D eigenvalue weighted by atomic mass is 79.9. The molecule has 0 unspecified atom stereocenters. The van der Waals surface area contributed by atoms with Gasteiger partial charge in [0.15, 0.2) is 16.7 Å². The highest BCUT2D eigenvalue weighted by Gasteiger charge is 2.36. The molecule has 38 heavy (non-hydrogen) atoms. The summed E-state index contributed by atoms with van der Waals surface area (Å²) in [6.07, 6.45) is 2.66. The summed E-state index contributed by atoms with van der Waals surface area (Å²) in [6, 6.07) is 21.1. The molecule has 194 valence electrons. The molecule has 1 saturated heterocycles. The number of hydrogen-bond acceptors (Lipinski definition) is 6. The summed E-state index contributed by atoms with van der Waals surface area (Å²) < 4.78 is 12.4. The van der Waals surface area contributed by atoms with Crippen molar-refractivity contribution in [3.63, 3.8) is 0 Å². The summed E-state index contributed by atoms with van der Waals surface area (Å²) in [5.41, 5.74) is 4.10. The molecule has 3 aromatic carbocycles. The normalized spacial score (nSPS) is 16.1. The zero-order valence-electron chi connectivity index (χ0n) is 21.7. The SMILES string of the molecule is CC[C@H](C)N1C(=O)/C(=C\c2cc(OC)c(OCc3ccccc3C#N)cc2Br)SC1=Nc1ccc(C)cc1. The molecule has 1 atom stereocenters. The minimum Gasteiger partial charge on any atom is -0.493 e. The van der Waals surface area contributed by atoms with Gasteiger partial charge in [0, 0.05) is 16.1 Å². The Bertz CT molecular complexity index is 1440. The molecule has 4 rings (SSSR count). The lowest BCUT2D eigenvalue weighted by Crippen LogP contribution is -2.36. The third-order valence-electron chi connectivity index (χ3n) is 6.22. The van der Waals surface area contributed by atoms with E-state index in [0.29, 0.717) is 27.1 Å². The van der Waals surface area contributed by atoms with E-state index in [1.54, 1.807) is 18.1 Å². The molecule has 6 nitrogen and oxygen atoms in total. The van der Waals surface area contributed by atoms with E-state index in [-0.39, 0.29) is 18.6 Å². The van der Waals surface area contributed by atoms with E-state index in [9.17, 15) is 10.1 Å². The molecule has 1 heterocycles. The van der Waals surface area contributed by atoms with E-state index in [1.807, 2.05) is 74.5 Å². The third-order valence-corrected chi connectivity index (χ3v) is 7.89. The average molecular weight is 591 g/mol. The zero-order valence-corrected chi connectivity index (χ0v) is 24.1. The van der Waals surface area contributed by atoms with E-state index < -0.39 is 0 Å². The molecule has 0 aromatic heterocycles. The number of ether oxygens (including phenoxy) is 2. The highest BCUT2D eigenvalue weighted by Crippen LogP contribution is 2.40. The van der Waals surface area contributed by atoms with Crippen molar-refractivity contribution in [2.45, 2.75) is 39.8 Å². The van der Waals surface area contributed by atoms with Gasteiger partial charge in [-0.25, -0.2) is 4.99 Å². The number of amides is 1. The van der Waals surface area contributed by atoms with Crippen molar-refractivity contribution in [3.05, 3.63) is 92.3 Å². The topological polar surface area (TPSA) is 74.9 Å². The summed E-state index contributed by atoms with van der Waals surface area (Å²) >= 11 is 5.00. The summed E-state index contributed by atoms with van der Waals surface area (Å²) in [6.45, 7) is 6.35. The summed E-state index contributed by atoms with van der Waals surface area (Å²) in [5.74, 6) is 0.981. The smallest absolute Gasteiger partial charge is 0.267 e. The van der Waals surface area contributed by atoms with Gasteiger partial charge < -0.3 is 9.47 Å². The van der Waals surface area contributed by atoms with Gasteiger partial charge in [-0.15, -0.1) is 0 Å². The number of carbonyl (C=O) groups is 1. The van der Waals surface area contributed by atoms with Crippen molar-refractivity contribution in [1.82, 2.24) is 4.90 Å². The van der Waals surface area contributed by atoms with Gasteiger partial charge in [-0.2, -0.15) is 5.26 Å². The predicted octanol–water partition coefficient (Wildman–Crippen LogP) is 7.62. The quantitative estimate of drug-likeness (QED) is 0.253. The van der Waals surface area contributed by atoms with Crippen LogP contribution in [0.1, 0.15) is 42.5 Å². The van der Waals surface area contributed by atoms with Gasteiger partial charge in [0.25, 0.3) is 5.91 Å². The van der Waals surface area contributed by atoms with Crippen LogP contribution in [0.2, 0.25) is 0 Å². The first-order chi connectivity index (χ1) is 18.3. The van der Waals surface area contributed by atoms with Gasteiger partial charge in [0.2, 0.25) is 0 Å². The molecule has 1 aliphatic heterocycles. The molecule has 3 aromatic rings. The third kappa shape index (κ3) is 6.12. The van der Waals surface area contributed by atoms with Crippen molar-refractivity contribution in [1.29, 1.82) is 5.26 Å². The Labute approximate surface area is 236 Å². The number of aliphatic imine (C=N–C) groups is 1. The Morgan fingerprint density at radius 3 is 2.58 bits per heavy atom. The lowest BCUT2D eigenvalue weighted by atomic mass is 10.1. The van der Waals surface area contributed by atoms with Crippen LogP contribution >= 0.6 is 27.7 Å². The number of aryl methyl sites for hydroxylation is 1. The molecule has 1 aliphatic rings. The Morgan fingerprint density at radius 2 is 1.89 bits per heavy atom. The fraction of sp³-hybridized carbons (Fsp3) is 0.233. The Kier molecular flexibility index (Phi) is 8.93. The molecule has 0 N–H and O–H groups in total. The largest absolute Gasteiger partial charge is 0.493 e. The lowest BCUT2D eigenvalue weighted by molar-refractivity contribution is -0.123. The van der Waals surface area contributed by atoms with E-state index in [0.717, 1.165) is 33.3 Å². The second-order valence-corrected chi connectivity index (χ2v) is 10.7. The van der Waals surface area contributed by atoms with Crippen LogP contribution in [0.4, 0.5) is 5.69 Å². The van der Waals surface area contributed by atoms with Crippen LogP contribution in [0.15, 0.2) is 75.0 Å². The number of nitriles is 1. The molecule has 0 bridgehead atoms. The van der Waals surface area contributed by atoms with Crippen molar-refractivity contribution >= 4 is 50.5 Å². The van der Waals surface area contributed by atoms with Crippen molar-refractivity contribution in [2.75, 3.05) is 7.11 Å². The Hall–Kier alpha value is -3.54. The van der Waals surface area contributed by atoms with Gasteiger partial charge in [-0.1, -0.05) is 58.7 Å². The fourth-order valence-electron chi connectivity index (χ4n) is 3.85. The second-order valence-electron chi connectivity index (χ2n) is 8.86. The minimum atomic E-state index is -0.0745. The molecule has 8 heteroatoms. The first-order valence-corrected chi connectivity index (χ1v) is 13.8. The summed E-state index contributed by atoms with van der Waals surface area (Å²) in [5, 5.41) is 10.0. The number of thioether (sulfide) groups is 1. The number of benzene rings is 3. The molecular weight excluding hydrogens is 562 g/mol. The van der Waals surface area contributed by atoms with E-state index in [1.165, 1.54) is 11.8 Å². The number of methoxy groups -OCH3 is 1. The maximum absolute atomic E-state index is 13.5. The standard InChI is InChI=1S/C30H28BrN3O3S/c1-5-20(3)34-29(35)28(38-30(34)33-24-12-10-19(2)11-13-24)15-23-14-26(36-4)27(16-25(23)31)37-18-22-9-7-6-8-21(22)17-32/h6-16,20H,5,18H2,1-4H3/b28-15+,33-30?/t20-/m0/s1. The minimum absolute atomic E-state index is 0.00939.